The average molecular weight is 796 g/mol. The molecule has 61 heavy (non-hydrogen) atoms. The van der Waals surface area contributed by atoms with Crippen molar-refractivity contribution in [1.29, 1.82) is 0 Å². The van der Waals surface area contributed by atoms with Gasteiger partial charge in [0.05, 0.1) is 0 Å². The van der Waals surface area contributed by atoms with Crippen molar-refractivity contribution in [2.45, 2.75) is 0 Å². The molecule has 0 saturated heterocycles. The van der Waals surface area contributed by atoms with Crippen LogP contribution in [0.5, 0.6) is 0 Å². The molecule has 2 nitrogen and oxygen atoms in total. The number of fused-ring (bicyclic) bond motifs is 7. The van der Waals surface area contributed by atoms with Crippen molar-refractivity contribution in [3.8, 4) is 44.5 Å². The lowest BCUT2D eigenvalue weighted by atomic mass is 9.97. The van der Waals surface area contributed by atoms with E-state index in [-0.39, 0.29) is 0 Å². The topological polar surface area (TPSA) is 16.4 Å². The summed E-state index contributed by atoms with van der Waals surface area (Å²) >= 11 is 1.86. The first-order chi connectivity index (χ1) is 30.2. The summed E-state index contributed by atoms with van der Waals surface area (Å²) in [5.41, 5.74) is 14.6. The molecule has 3 heteroatoms. The number of rotatable bonds is 7. The fraction of sp³-hybridized carbons (Fsp3) is 0. The van der Waals surface area contributed by atoms with Crippen molar-refractivity contribution in [3.63, 3.8) is 0 Å². The zero-order valence-corrected chi connectivity index (χ0v) is 33.9. The van der Waals surface area contributed by atoms with Crippen molar-refractivity contribution in [3.05, 3.63) is 224 Å². The summed E-state index contributed by atoms with van der Waals surface area (Å²) < 4.78 is 8.88. The van der Waals surface area contributed by atoms with Gasteiger partial charge in [-0.05, 0) is 128 Å². The highest BCUT2D eigenvalue weighted by Crippen LogP contribution is 2.43. The van der Waals surface area contributed by atoms with Gasteiger partial charge in [-0.25, -0.2) is 0 Å². The summed E-state index contributed by atoms with van der Waals surface area (Å²) in [6, 6.07) is 81.2. The second-order valence-electron chi connectivity index (χ2n) is 15.7. The maximum absolute atomic E-state index is 6.25. The van der Waals surface area contributed by atoms with Crippen LogP contribution >= 0.6 is 11.3 Å². The third kappa shape index (κ3) is 6.18. The van der Waals surface area contributed by atoms with Crippen LogP contribution < -0.4 is 4.90 Å². The molecule has 12 aromatic rings. The largest absolute Gasteiger partial charge is 0.456 e. The first-order valence-corrected chi connectivity index (χ1v) is 21.5. The molecule has 0 N–H and O–H groups in total. The van der Waals surface area contributed by atoms with Crippen LogP contribution in [0.15, 0.2) is 229 Å². The molecule has 0 aliphatic carbocycles. The predicted octanol–water partition coefficient (Wildman–Crippen LogP) is 17.2. The highest BCUT2D eigenvalue weighted by molar-refractivity contribution is 7.25. The molecule has 0 spiro atoms. The molecule has 0 atom stereocenters. The molecule has 0 amide bonds. The van der Waals surface area contributed by atoms with Gasteiger partial charge in [0.1, 0.15) is 11.2 Å². The number of para-hydroxylation sites is 1. The van der Waals surface area contributed by atoms with Gasteiger partial charge in [0, 0.05) is 48.0 Å². The van der Waals surface area contributed by atoms with E-state index in [1.807, 2.05) is 23.5 Å². The Morgan fingerprint density at radius 3 is 1.56 bits per heavy atom. The molecule has 2 aromatic heterocycles. The summed E-state index contributed by atoms with van der Waals surface area (Å²) in [7, 11) is 0. The van der Waals surface area contributed by atoms with Gasteiger partial charge in [-0.3, -0.25) is 0 Å². The molecule has 286 valence electrons. The van der Waals surface area contributed by atoms with E-state index in [0.717, 1.165) is 50.1 Å². The van der Waals surface area contributed by atoms with Gasteiger partial charge in [-0.15, -0.1) is 11.3 Å². The third-order valence-corrected chi connectivity index (χ3v) is 13.2. The number of anilines is 3. The standard InChI is InChI=1S/C58H37NOS/c1-2-11-42-37-45(23-22-38(42)10-1)44-13-7-12-43(36-44)39-24-30-46(31-25-39)59(47-32-26-40(27-33-47)49-16-8-19-54-57(49)51-14-3-5-18-53(51)60-54)48-34-28-41(29-35-48)50-17-9-21-56-58(50)52-15-4-6-20-55(52)61-56/h1-37H. The van der Waals surface area contributed by atoms with Gasteiger partial charge in [0.25, 0.3) is 0 Å². The lowest BCUT2D eigenvalue weighted by molar-refractivity contribution is 0.669. The summed E-state index contributed by atoms with van der Waals surface area (Å²) in [4.78, 5) is 2.36. The van der Waals surface area contributed by atoms with Crippen molar-refractivity contribution < 1.29 is 4.42 Å². The summed E-state index contributed by atoms with van der Waals surface area (Å²) in [5, 5.41) is 7.42. The summed E-state index contributed by atoms with van der Waals surface area (Å²) in [6.07, 6.45) is 0. The van der Waals surface area contributed by atoms with Crippen LogP contribution in [0.4, 0.5) is 17.1 Å². The average Bonchev–Trinajstić information content (AvgIpc) is 3.91. The molecule has 0 aliphatic heterocycles. The molecule has 12 rings (SSSR count). The number of benzene rings is 10. The maximum Gasteiger partial charge on any atom is 0.136 e. The molecule has 0 aliphatic rings. The Bertz CT molecular complexity index is 3420. The Kier molecular flexibility index (Phi) is 8.39. The SMILES string of the molecule is c1cc(-c2ccc(N(c3ccc(-c4cccc5oc6ccccc6c45)cc3)c3ccc(-c4cccc5sc6ccccc6c45)cc3)cc2)cc(-c2ccc3ccccc3c2)c1. The van der Waals surface area contributed by atoms with Gasteiger partial charge < -0.3 is 9.32 Å². The number of hydrogen-bond acceptors (Lipinski definition) is 3. The number of thiophene rings is 1. The fourth-order valence-electron chi connectivity index (χ4n) is 9.11. The van der Waals surface area contributed by atoms with Crippen LogP contribution in [0.25, 0.3) is 97.4 Å². The molecule has 2 heterocycles. The predicted molar refractivity (Wildman–Crippen MR) is 261 cm³/mol. The lowest BCUT2D eigenvalue weighted by Gasteiger charge is -2.26. The Hall–Kier alpha value is -7.72. The van der Waals surface area contributed by atoms with Gasteiger partial charge >= 0.3 is 0 Å². The summed E-state index contributed by atoms with van der Waals surface area (Å²) in [5.74, 6) is 0. The lowest BCUT2D eigenvalue weighted by Crippen LogP contribution is -2.09. The number of hydrogen-bond donors (Lipinski definition) is 0. The van der Waals surface area contributed by atoms with Gasteiger partial charge in [0.2, 0.25) is 0 Å². The normalized spacial score (nSPS) is 11.6. The second-order valence-corrected chi connectivity index (χ2v) is 16.8. The second kappa shape index (κ2) is 14.5. The Morgan fingerprint density at radius 2 is 0.820 bits per heavy atom. The van der Waals surface area contributed by atoms with Gasteiger partial charge in [-0.2, -0.15) is 0 Å². The molecule has 10 aromatic carbocycles. The summed E-state index contributed by atoms with van der Waals surface area (Å²) in [6.45, 7) is 0. The highest BCUT2D eigenvalue weighted by Gasteiger charge is 2.17. The number of furan rings is 1. The molecule has 0 saturated carbocycles. The van der Waals surface area contributed by atoms with E-state index in [9.17, 15) is 0 Å². The van der Waals surface area contributed by atoms with Crippen LogP contribution in [0.1, 0.15) is 0 Å². The Balaban J connectivity index is 0.933. The highest BCUT2D eigenvalue weighted by atomic mass is 32.1. The molecule has 0 radical (unpaired) electrons. The fourth-order valence-corrected chi connectivity index (χ4v) is 10.2. The van der Waals surface area contributed by atoms with E-state index in [1.54, 1.807) is 0 Å². The van der Waals surface area contributed by atoms with Crippen molar-refractivity contribution in [2.75, 3.05) is 4.90 Å². The molecule has 0 bridgehead atoms. The Labute approximate surface area is 357 Å². The van der Waals surface area contributed by atoms with Crippen molar-refractivity contribution >= 4 is 81.3 Å². The quantitative estimate of drug-likeness (QED) is 0.160. The molecule has 0 unspecified atom stereocenters. The zero-order chi connectivity index (χ0) is 40.3. The monoisotopic (exact) mass is 795 g/mol. The van der Waals surface area contributed by atoms with Gasteiger partial charge in [-0.1, -0.05) is 152 Å². The van der Waals surface area contributed by atoms with Crippen molar-refractivity contribution in [1.82, 2.24) is 0 Å². The van der Waals surface area contributed by atoms with E-state index in [4.69, 9.17) is 4.42 Å². The minimum atomic E-state index is 0.901. The molecular weight excluding hydrogens is 759 g/mol. The van der Waals surface area contributed by atoms with E-state index in [2.05, 4.69) is 217 Å². The van der Waals surface area contributed by atoms with Gasteiger partial charge in [0.15, 0.2) is 0 Å². The van der Waals surface area contributed by atoms with Crippen LogP contribution in [0, 0.1) is 0 Å². The van der Waals surface area contributed by atoms with Crippen molar-refractivity contribution in [2.24, 2.45) is 0 Å². The van der Waals surface area contributed by atoms with Crippen LogP contribution in [0.3, 0.4) is 0 Å². The Morgan fingerprint density at radius 1 is 0.311 bits per heavy atom. The van der Waals surface area contributed by atoms with E-state index in [0.29, 0.717) is 0 Å². The smallest absolute Gasteiger partial charge is 0.136 e. The minimum absolute atomic E-state index is 0.901. The first-order valence-electron chi connectivity index (χ1n) is 20.7. The maximum atomic E-state index is 6.25. The molecular formula is C58H37NOS. The zero-order valence-electron chi connectivity index (χ0n) is 33.1. The molecule has 0 fully saturated rings. The van der Waals surface area contributed by atoms with Crippen LogP contribution in [-0.4, -0.2) is 0 Å². The van der Waals surface area contributed by atoms with E-state index in [1.165, 1.54) is 64.3 Å². The first kappa shape index (κ1) is 35.2. The van der Waals surface area contributed by atoms with Crippen LogP contribution in [-0.2, 0) is 0 Å². The van der Waals surface area contributed by atoms with E-state index >= 15 is 0 Å². The third-order valence-electron chi connectivity index (χ3n) is 12.1. The number of nitrogens with zero attached hydrogens (tertiary/aromatic N) is 1. The minimum Gasteiger partial charge on any atom is -0.456 e. The van der Waals surface area contributed by atoms with E-state index < -0.39 is 0 Å². The van der Waals surface area contributed by atoms with Crippen LogP contribution in [0.2, 0.25) is 0 Å².